The number of rotatable bonds is 1. The van der Waals surface area contributed by atoms with Crippen molar-refractivity contribution in [2.75, 3.05) is 11.4 Å². The molecular weight excluding hydrogens is 200 g/mol. The summed E-state index contributed by atoms with van der Waals surface area (Å²) in [4.78, 5) is 12.9. The van der Waals surface area contributed by atoms with Gasteiger partial charge in [-0.3, -0.25) is 4.79 Å². The van der Waals surface area contributed by atoms with Crippen LogP contribution in [0.15, 0.2) is 18.2 Å². The second-order valence-electron chi connectivity index (χ2n) is 3.60. The Morgan fingerprint density at radius 3 is 2.67 bits per heavy atom. The van der Waals surface area contributed by atoms with Crippen molar-refractivity contribution in [3.05, 3.63) is 29.8 Å². The Balaban J connectivity index is 2.31. The molecule has 0 radical (unpaired) electrons. The van der Waals surface area contributed by atoms with E-state index in [1.165, 1.54) is 17.0 Å². The molecule has 0 unspecified atom stereocenters. The molecule has 1 fully saturated rings. The fourth-order valence-electron chi connectivity index (χ4n) is 1.76. The number of nitrogens with zero attached hydrogens (tertiary/aromatic N) is 1. The van der Waals surface area contributed by atoms with Gasteiger partial charge in [0.25, 0.3) is 0 Å². The highest BCUT2D eigenvalue weighted by molar-refractivity contribution is 5.94. The topological polar surface area (TPSA) is 20.3 Å². The predicted molar refractivity (Wildman–Crippen MR) is 52.6 cm³/mol. The quantitative estimate of drug-likeness (QED) is 0.698. The summed E-state index contributed by atoms with van der Waals surface area (Å²) in [6, 6.07) is 3.28. The monoisotopic (exact) mass is 211 g/mol. The van der Waals surface area contributed by atoms with Crippen molar-refractivity contribution in [1.29, 1.82) is 0 Å². The first-order chi connectivity index (χ1) is 7.18. The summed E-state index contributed by atoms with van der Waals surface area (Å²) in [5, 5.41) is 0. The second kappa shape index (κ2) is 3.96. The number of benzene rings is 1. The van der Waals surface area contributed by atoms with Gasteiger partial charge in [0.1, 0.15) is 11.6 Å². The maximum atomic E-state index is 13.4. The van der Waals surface area contributed by atoms with Crippen LogP contribution in [0.2, 0.25) is 0 Å². The number of amides is 1. The van der Waals surface area contributed by atoms with Crippen molar-refractivity contribution in [3.8, 4) is 0 Å². The van der Waals surface area contributed by atoms with Gasteiger partial charge in [-0.05, 0) is 25.0 Å². The fourth-order valence-corrected chi connectivity index (χ4v) is 1.76. The van der Waals surface area contributed by atoms with Crippen LogP contribution in [0.5, 0.6) is 0 Å². The normalized spacial score (nSPS) is 16.9. The van der Waals surface area contributed by atoms with Crippen molar-refractivity contribution in [2.24, 2.45) is 0 Å². The van der Waals surface area contributed by atoms with E-state index in [0.29, 0.717) is 13.0 Å². The zero-order valence-corrected chi connectivity index (χ0v) is 8.17. The Hall–Kier alpha value is -1.45. The van der Waals surface area contributed by atoms with Crippen LogP contribution in [0.25, 0.3) is 0 Å². The van der Waals surface area contributed by atoms with Gasteiger partial charge in [0.2, 0.25) is 5.91 Å². The molecule has 1 aromatic carbocycles. The summed E-state index contributed by atoms with van der Waals surface area (Å²) in [7, 11) is 0. The van der Waals surface area contributed by atoms with Crippen molar-refractivity contribution in [2.45, 2.75) is 19.3 Å². The van der Waals surface area contributed by atoms with E-state index in [0.717, 1.165) is 18.9 Å². The fraction of sp³-hybridized carbons (Fsp3) is 0.364. The third-order valence-corrected chi connectivity index (χ3v) is 2.52. The molecular formula is C11H11F2NO. The molecule has 0 saturated carbocycles. The lowest BCUT2D eigenvalue weighted by Crippen LogP contribution is -2.35. The molecule has 0 N–H and O–H groups in total. The standard InChI is InChI=1S/C11H11F2NO/c12-8-4-5-10(9(13)7-8)14-6-2-1-3-11(14)15/h4-5,7H,1-3,6H2. The largest absolute Gasteiger partial charge is 0.310 e. The Bertz CT molecular complexity index is 392. The van der Waals surface area contributed by atoms with Crippen LogP contribution in [0.4, 0.5) is 14.5 Å². The molecule has 4 heteroatoms. The molecule has 0 aromatic heterocycles. The first kappa shape index (κ1) is 10.1. The van der Waals surface area contributed by atoms with Crippen LogP contribution in [-0.4, -0.2) is 12.5 Å². The maximum Gasteiger partial charge on any atom is 0.227 e. The molecule has 0 bridgehead atoms. The van der Waals surface area contributed by atoms with Gasteiger partial charge in [-0.15, -0.1) is 0 Å². The van der Waals surface area contributed by atoms with E-state index in [9.17, 15) is 13.6 Å². The average molecular weight is 211 g/mol. The number of hydrogen-bond acceptors (Lipinski definition) is 1. The van der Waals surface area contributed by atoms with Gasteiger partial charge in [0.15, 0.2) is 0 Å². The number of hydrogen-bond donors (Lipinski definition) is 0. The minimum atomic E-state index is -0.676. The molecule has 15 heavy (non-hydrogen) atoms. The lowest BCUT2D eigenvalue weighted by atomic mass is 10.1. The molecule has 1 saturated heterocycles. The minimum Gasteiger partial charge on any atom is -0.310 e. The van der Waals surface area contributed by atoms with E-state index in [-0.39, 0.29) is 11.6 Å². The molecule has 80 valence electrons. The van der Waals surface area contributed by atoms with E-state index < -0.39 is 11.6 Å². The second-order valence-corrected chi connectivity index (χ2v) is 3.60. The van der Waals surface area contributed by atoms with E-state index >= 15 is 0 Å². The van der Waals surface area contributed by atoms with Crippen molar-refractivity contribution in [3.63, 3.8) is 0 Å². The summed E-state index contributed by atoms with van der Waals surface area (Å²) >= 11 is 0. The van der Waals surface area contributed by atoms with Crippen LogP contribution >= 0.6 is 0 Å². The lowest BCUT2D eigenvalue weighted by molar-refractivity contribution is -0.119. The van der Waals surface area contributed by atoms with Crippen molar-refractivity contribution in [1.82, 2.24) is 0 Å². The highest BCUT2D eigenvalue weighted by Crippen LogP contribution is 2.24. The highest BCUT2D eigenvalue weighted by atomic mass is 19.1. The minimum absolute atomic E-state index is 0.0910. The van der Waals surface area contributed by atoms with E-state index in [1.807, 2.05) is 0 Å². The number of halogens is 2. The molecule has 2 nitrogen and oxygen atoms in total. The SMILES string of the molecule is O=C1CCCCN1c1ccc(F)cc1F. The first-order valence-electron chi connectivity index (χ1n) is 4.94. The summed E-state index contributed by atoms with van der Waals surface area (Å²) in [6.45, 7) is 0.515. The molecule has 0 spiro atoms. The van der Waals surface area contributed by atoms with E-state index in [1.54, 1.807) is 0 Å². The van der Waals surface area contributed by atoms with Crippen molar-refractivity contribution >= 4 is 11.6 Å². The van der Waals surface area contributed by atoms with Gasteiger partial charge in [-0.2, -0.15) is 0 Å². The third kappa shape index (κ3) is 1.98. The highest BCUT2D eigenvalue weighted by Gasteiger charge is 2.22. The molecule has 0 aliphatic carbocycles. The van der Waals surface area contributed by atoms with Gasteiger partial charge in [-0.25, -0.2) is 8.78 Å². The average Bonchev–Trinajstić information content (AvgIpc) is 2.20. The number of carbonyl (C=O) groups is 1. The Kier molecular flexibility index (Phi) is 2.66. The predicted octanol–water partition coefficient (Wildman–Crippen LogP) is 2.48. The molecule has 1 heterocycles. The van der Waals surface area contributed by atoms with Crippen LogP contribution in [-0.2, 0) is 4.79 Å². The molecule has 0 atom stereocenters. The number of piperidine rings is 1. The third-order valence-electron chi connectivity index (χ3n) is 2.52. The number of anilines is 1. The van der Waals surface area contributed by atoms with Gasteiger partial charge >= 0.3 is 0 Å². The Labute approximate surface area is 86.5 Å². The lowest BCUT2D eigenvalue weighted by Gasteiger charge is -2.26. The van der Waals surface area contributed by atoms with Gasteiger partial charge in [0.05, 0.1) is 5.69 Å². The van der Waals surface area contributed by atoms with Crippen LogP contribution < -0.4 is 4.90 Å². The first-order valence-corrected chi connectivity index (χ1v) is 4.94. The number of carbonyl (C=O) groups excluding carboxylic acids is 1. The summed E-state index contributed by atoms with van der Waals surface area (Å²) in [5.74, 6) is -1.39. The van der Waals surface area contributed by atoms with E-state index in [4.69, 9.17) is 0 Å². The summed E-state index contributed by atoms with van der Waals surface area (Å²) < 4.78 is 26.0. The maximum absolute atomic E-state index is 13.4. The van der Waals surface area contributed by atoms with Crippen LogP contribution in [0.1, 0.15) is 19.3 Å². The van der Waals surface area contributed by atoms with Crippen LogP contribution in [0, 0.1) is 11.6 Å². The van der Waals surface area contributed by atoms with Crippen LogP contribution in [0.3, 0.4) is 0 Å². The Morgan fingerprint density at radius 2 is 2.00 bits per heavy atom. The van der Waals surface area contributed by atoms with E-state index in [2.05, 4.69) is 0 Å². The zero-order valence-electron chi connectivity index (χ0n) is 8.17. The van der Waals surface area contributed by atoms with Gasteiger partial charge in [-0.1, -0.05) is 0 Å². The molecule has 2 rings (SSSR count). The summed E-state index contributed by atoms with van der Waals surface area (Å²) in [5.41, 5.74) is 0.182. The molecule has 1 aliphatic heterocycles. The molecule has 1 aromatic rings. The zero-order chi connectivity index (χ0) is 10.8. The molecule has 1 amide bonds. The Morgan fingerprint density at radius 1 is 1.20 bits per heavy atom. The van der Waals surface area contributed by atoms with Gasteiger partial charge in [0, 0.05) is 19.0 Å². The molecule has 1 aliphatic rings. The smallest absolute Gasteiger partial charge is 0.227 e. The van der Waals surface area contributed by atoms with Gasteiger partial charge < -0.3 is 4.90 Å². The van der Waals surface area contributed by atoms with Crippen molar-refractivity contribution < 1.29 is 13.6 Å². The summed E-state index contributed by atoms with van der Waals surface area (Å²) in [6.07, 6.45) is 2.15.